The van der Waals surface area contributed by atoms with E-state index in [2.05, 4.69) is 27.9 Å². The maximum Gasteiger partial charge on any atom is 0.252 e. The van der Waals surface area contributed by atoms with Crippen LogP contribution in [0.4, 0.5) is 5.69 Å². The number of nitrogens with zero attached hydrogens (tertiary/aromatic N) is 1. The third kappa shape index (κ3) is 3.09. The second-order valence-corrected chi connectivity index (χ2v) is 6.54. The Kier molecular flexibility index (Phi) is 4.90. The second kappa shape index (κ2) is 6.30. The lowest BCUT2D eigenvalue weighted by Crippen LogP contribution is -2.40. The smallest absolute Gasteiger partial charge is 0.252 e. The molecule has 2 unspecified atom stereocenters. The third-order valence-corrected chi connectivity index (χ3v) is 4.46. The zero-order chi connectivity index (χ0) is 14.9. The van der Waals surface area contributed by atoms with Gasteiger partial charge < -0.3 is 5.32 Å². The summed E-state index contributed by atoms with van der Waals surface area (Å²) >= 11 is 8.31. The van der Waals surface area contributed by atoms with Gasteiger partial charge in [-0.2, -0.15) is 0 Å². The van der Waals surface area contributed by atoms with E-state index in [9.17, 15) is 9.59 Å². The summed E-state index contributed by atoms with van der Waals surface area (Å²) in [5.41, 5.74) is 0.684. The number of hydrogen-bond acceptors (Lipinski definition) is 3. The van der Waals surface area contributed by atoms with Crippen LogP contribution < -0.4 is 5.32 Å². The Morgan fingerprint density at radius 3 is 2.80 bits per heavy atom. The Morgan fingerprint density at radius 1 is 1.50 bits per heavy atom. The van der Waals surface area contributed by atoms with Crippen LogP contribution >= 0.6 is 34.2 Å². The molecule has 4 nitrogen and oxygen atoms in total. The van der Waals surface area contributed by atoms with Gasteiger partial charge in [-0.15, -0.1) is 0 Å². The molecule has 0 aliphatic carbocycles. The number of benzene rings is 1. The summed E-state index contributed by atoms with van der Waals surface area (Å²) in [4.78, 5) is 25.6. The van der Waals surface area contributed by atoms with Crippen molar-refractivity contribution in [2.75, 3.05) is 5.32 Å². The first-order chi connectivity index (χ1) is 9.43. The zero-order valence-corrected chi connectivity index (χ0v) is 14.2. The predicted molar refractivity (Wildman–Crippen MR) is 87.8 cm³/mol. The van der Waals surface area contributed by atoms with Crippen molar-refractivity contribution in [3.63, 3.8) is 0 Å². The molecule has 1 saturated heterocycles. The minimum absolute atomic E-state index is 0.0611. The third-order valence-electron chi connectivity index (χ3n) is 3.48. The SMILES string of the molecule is CCC(C)N1C(=O)CC(Nc2ccc(I)cc2Cl)C1=O. The van der Waals surface area contributed by atoms with E-state index in [1.54, 1.807) is 0 Å². The molecule has 1 heterocycles. The van der Waals surface area contributed by atoms with Gasteiger partial charge in [-0.1, -0.05) is 18.5 Å². The molecule has 108 valence electrons. The van der Waals surface area contributed by atoms with Crippen molar-refractivity contribution >= 4 is 51.7 Å². The van der Waals surface area contributed by atoms with Crippen LogP contribution in [0.1, 0.15) is 26.7 Å². The summed E-state index contributed by atoms with van der Waals surface area (Å²) in [6.45, 7) is 3.85. The molecule has 2 rings (SSSR count). The van der Waals surface area contributed by atoms with Crippen molar-refractivity contribution in [3.05, 3.63) is 26.8 Å². The Labute approximate surface area is 137 Å². The average molecular weight is 407 g/mol. The monoisotopic (exact) mass is 406 g/mol. The zero-order valence-electron chi connectivity index (χ0n) is 11.3. The maximum atomic E-state index is 12.3. The molecule has 0 aromatic heterocycles. The molecule has 2 amide bonds. The minimum Gasteiger partial charge on any atom is -0.372 e. The first kappa shape index (κ1) is 15.6. The van der Waals surface area contributed by atoms with Crippen LogP contribution in [0.3, 0.4) is 0 Å². The molecule has 0 radical (unpaired) electrons. The number of halogens is 2. The Balaban J connectivity index is 2.15. The van der Waals surface area contributed by atoms with Crippen molar-refractivity contribution in [1.82, 2.24) is 4.90 Å². The minimum atomic E-state index is -0.519. The number of likely N-dealkylation sites (tertiary alicyclic amines) is 1. The van der Waals surface area contributed by atoms with Crippen LogP contribution in [0.15, 0.2) is 18.2 Å². The van der Waals surface area contributed by atoms with Crippen molar-refractivity contribution in [3.8, 4) is 0 Å². The summed E-state index contributed by atoms with van der Waals surface area (Å²) in [5, 5.41) is 3.63. The number of imide groups is 1. The van der Waals surface area contributed by atoms with Gasteiger partial charge in [-0.05, 0) is 54.1 Å². The lowest BCUT2D eigenvalue weighted by molar-refractivity contribution is -0.140. The highest BCUT2D eigenvalue weighted by molar-refractivity contribution is 14.1. The Bertz CT molecular complexity index is 550. The van der Waals surface area contributed by atoms with Crippen LogP contribution in [0, 0.1) is 3.57 Å². The molecule has 1 fully saturated rings. The fourth-order valence-electron chi connectivity index (χ4n) is 2.20. The van der Waals surface area contributed by atoms with Gasteiger partial charge in [-0.3, -0.25) is 14.5 Å². The lowest BCUT2D eigenvalue weighted by atomic mass is 10.2. The van der Waals surface area contributed by atoms with Crippen LogP contribution in [0.25, 0.3) is 0 Å². The number of amides is 2. The van der Waals surface area contributed by atoms with Gasteiger partial charge in [0.15, 0.2) is 0 Å². The second-order valence-electron chi connectivity index (χ2n) is 4.88. The Hall–Kier alpha value is -0.820. The fraction of sp³-hybridized carbons (Fsp3) is 0.429. The number of carbonyl (C=O) groups excluding carboxylic acids is 2. The van der Waals surface area contributed by atoms with E-state index in [0.717, 1.165) is 9.99 Å². The summed E-state index contributed by atoms with van der Waals surface area (Å²) in [7, 11) is 0. The molecule has 1 aromatic carbocycles. The molecule has 1 N–H and O–H groups in total. The highest BCUT2D eigenvalue weighted by atomic mass is 127. The van der Waals surface area contributed by atoms with E-state index >= 15 is 0 Å². The standard InChI is InChI=1S/C14H16ClIN2O2/c1-3-8(2)18-13(19)7-12(14(18)20)17-11-5-4-9(16)6-10(11)15/h4-6,8,12,17H,3,7H2,1-2H3. The molecule has 6 heteroatoms. The molecule has 2 atom stereocenters. The van der Waals surface area contributed by atoms with E-state index in [0.29, 0.717) is 10.7 Å². The molecule has 1 aromatic rings. The van der Waals surface area contributed by atoms with E-state index in [-0.39, 0.29) is 24.3 Å². The number of nitrogens with one attached hydrogen (secondary N) is 1. The van der Waals surface area contributed by atoms with Crippen LogP contribution in [0.2, 0.25) is 5.02 Å². The summed E-state index contributed by atoms with van der Waals surface area (Å²) < 4.78 is 1.02. The molecule has 0 bridgehead atoms. The molecule has 20 heavy (non-hydrogen) atoms. The first-order valence-corrected chi connectivity index (χ1v) is 7.97. The van der Waals surface area contributed by atoms with Gasteiger partial charge in [0.05, 0.1) is 17.1 Å². The van der Waals surface area contributed by atoms with Crippen molar-refractivity contribution in [2.45, 2.75) is 38.8 Å². The van der Waals surface area contributed by atoms with Crippen LogP contribution in [-0.4, -0.2) is 28.8 Å². The first-order valence-electron chi connectivity index (χ1n) is 6.51. The molecule has 1 aliphatic heterocycles. The van der Waals surface area contributed by atoms with Gasteiger partial charge in [0, 0.05) is 9.61 Å². The number of rotatable bonds is 4. The number of hydrogen-bond donors (Lipinski definition) is 1. The highest BCUT2D eigenvalue weighted by Crippen LogP contribution is 2.27. The van der Waals surface area contributed by atoms with Gasteiger partial charge >= 0.3 is 0 Å². The number of carbonyl (C=O) groups is 2. The predicted octanol–water partition coefficient (Wildman–Crippen LogP) is 3.28. The highest BCUT2D eigenvalue weighted by Gasteiger charge is 2.40. The van der Waals surface area contributed by atoms with Crippen molar-refractivity contribution in [2.24, 2.45) is 0 Å². The fourth-order valence-corrected chi connectivity index (χ4v) is 3.11. The maximum absolute atomic E-state index is 12.3. The lowest BCUT2D eigenvalue weighted by Gasteiger charge is -2.22. The van der Waals surface area contributed by atoms with E-state index < -0.39 is 6.04 Å². The summed E-state index contributed by atoms with van der Waals surface area (Å²) in [6.07, 6.45) is 0.944. The quantitative estimate of drug-likeness (QED) is 0.617. The van der Waals surface area contributed by atoms with Gasteiger partial charge in [0.1, 0.15) is 6.04 Å². The van der Waals surface area contributed by atoms with Gasteiger partial charge in [0.2, 0.25) is 5.91 Å². The summed E-state index contributed by atoms with van der Waals surface area (Å²) in [6, 6.07) is 4.97. The molecular formula is C14H16ClIN2O2. The van der Waals surface area contributed by atoms with E-state index in [4.69, 9.17) is 11.6 Å². The molecule has 1 aliphatic rings. The van der Waals surface area contributed by atoms with Crippen LogP contribution in [-0.2, 0) is 9.59 Å². The normalized spacial score (nSPS) is 20.4. The Morgan fingerprint density at radius 2 is 2.20 bits per heavy atom. The van der Waals surface area contributed by atoms with Crippen molar-refractivity contribution < 1.29 is 9.59 Å². The topological polar surface area (TPSA) is 49.4 Å². The van der Waals surface area contributed by atoms with Crippen LogP contribution in [0.5, 0.6) is 0 Å². The molecule has 0 spiro atoms. The van der Waals surface area contributed by atoms with E-state index in [1.807, 2.05) is 32.0 Å². The average Bonchev–Trinajstić information content (AvgIpc) is 2.67. The van der Waals surface area contributed by atoms with E-state index in [1.165, 1.54) is 4.90 Å². The van der Waals surface area contributed by atoms with Crippen molar-refractivity contribution in [1.29, 1.82) is 0 Å². The largest absolute Gasteiger partial charge is 0.372 e. The summed E-state index contributed by atoms with van der Waals surface area (Å²) in [5.74, 6) is -0.289. The van der Waals surface area contributed by atoms with Gasteiger partial charge in [-0.25, -0.2) is 0 Å². The molecule has 0 saturated carbocycles. The number of anilines is 1. The van der Waals surface area contributed by atoms with Gasteiger partial charge in [0.25, 0.3) is 5.91 Å². The molecular weight excluding hydrogens is 391 g/mol.